The van der Waals surface area contributed by atoms with Gasteiger partial charge in [-0.1, -0.05) is 0 Å². The highest BCUT2D eigenvalue weighted by Gasteiger charge is 2.20. The van der Waals surface area contributed by atoms with Gasteiger partial charge in [-0.3, -0.25) is 9.52 Å². The Morgan fingerprint density at radius 2 is 1.66 bits per heavy atom. The molecule has 0 aliphatic heterocycles. The molecule has 7 nitrogen and oxygen atoms in total. The van der Waals surface area contributed by atoms with Crippen molar-refractivity contribution < 1.29 is 27.1 Å². The second-order valence-electron chi connectivity index (χ2n) is 6.80. The van der Waals surface area contributed by atoms with Crippen LogP contribution in [0.2, 0.25) is 0 Å². The fraction of sp³-hybridized carbons (Fsp3) is 0.300. The van der Waals surface area contributed by atoms with Crippen LogP contribution in [0.4, 0.5) is 10.1 Å². The van der Waals surface area contributed by atoms with Crippen LogP contribution in [0.3, 0.4) is 0 Å². The molecule has 0 aliphatic carbocycles. The molecule has 0 fully saturated rings. The molecule has 0 radical (unpaired) electrons. The average Bonchev–Trinajstić information content (AvgIpc) is 2.60. The van der Waals surface area contributed by atoms with Gasteiger partial charge in [0, 0.05) is 11.7 Å². The quantitative estimate of drug-likeness (QED) is 0.668. The number of amides is 1. The Balaban J connectivity index is 2.08. The molecular weight excluding hydrogens is 399 g/mol. The summed E-state index contributed by atoms with van der Waals surface area (Å²) >= 11 is 0. The predicted molar refractivity (Wildman–Crippen MR) is 107 cm³/mol. The van der Waals surface area contributed by atoms with Gasteiger partial charge in [-0.05, 0) is 75.7 Å². The summed E-state index contributed by atoms with van der Waals surface area (Å²) in [6.45, 7) is 6.54. The number of halogens is 1. The van der Waals surface area contributed by atoms with Gasteiger partial charge in [0.25, 0.3) is 15.9 Å². The van der Waals surface area contributed by atoms with Gasteiger partial charge in [-0.25, -0.2) is 17.6 Å². The van der Waals surface area contributed by atoms with Gasteiger partial charge >= 0.3 is 5.97 Å². The maximum atomic E-state index is 13.2. The van der Waals surface area contributed by atoms with Crippen LogP contribution in [0.5, 0.6) is 0 Å². The minimum atomic E-state index is -3.92. The molecule has 0 spiro atoms. The summed E-state index contributed by atoms with van der Waals surface area (Å²) in [7, 11) is -3.92. The predicted octanol–water partition coefficient (Wildman–Crippen LogP) is 3.00. The van der Waals surface area contributed by atoms with Crippen molar-refractivity contribution in [1.82, 2.24) is 5.32 Å². The van der Waals surface area contributed by atoms with Crippen LogP contribution in [0, 0.1) is 12.7 Å². The van der Waals surface area contributed by atoms with Crippen LogP contribution in [0.25, 0.3) is 0 Å². The fourth-order valence-electron chi connectivity index (χ4n) is 2.48. The number of sulfonamides is 1. The SMILES string of the molecule is Cc1cc(F)ccc1S(=O)(=O)Nc1ccc(C(=O)O[C@@H](C)C(=O)NC(C)C)cc1. The molecule has 9 heteroatoms. The number of hydrogen-bond acceptors (Lipinski definition) is 5. The molecule has 2 aromatic carbocycles. The molecule has 1 amide bonds. The third kappa shape index (κ3) is 6.02. The van der Waals surface area contributed by atoms with Crippen molar-refractivity contribution in [2.75, 3.05) is 4.72 Å². The van der Waals surface area contributed by atoms with E-state index in [1.165, 1.54) is 44.2 Å². The summed E-state index contributed by atoms with van der Waals surface area (Å²) in [6, 6.07) is 8.85. The molecule has 2 N–H and O–H groups in total. The van der Waals surface area contributed by atoms with Crippen molar-refractivity contribution >= 4 is 27.6 Å². The number of nitrogens with one attached hydrogen (secondary N) is 2. The Hall–Kier alpha value is -2.94. The van der Waals surface area contributed by atoms with Crippen molar-refractivity contribution in [2.45, 2.75) is 44.7 Å². The second-order valence-corrected chi connectivity index (χ2v) is 8.45. The Bertz CT molecular complexity index is 1000. The topological polar surface area (TPSA) is 102 Å². The summed E-state index contributed by atoms with van der Waals surface area (Å²) in [4.78, 5) is 23.9. The Morgan fingerprint density at radius 1 is 1.03 bits per heavy atom. The number of carbonyl (C=O) groups excluding carboxylic acids is 2. The normalized spacial score (nSPS) is 12.3. The maximum absolute atomic E-state index is 13.2. The first-order chi connectivity index (χ1) is 13.5. The minimum absolute atomic E-state index is 0.0487. The standard InChI is InChI=1S/C20H23FN2O5S/c1-12(2)22-19(24)14(4)28-20(25)15-5-8-17(9-6-15)23-29(26,27)18-10-7-16(21)11-13(18)3/h5-12,14,23H,1-4H3,(H,22,24)/t14-/m0/s1. The van der Waals surface area contributed by atoms with Gasteiger partial charge in [0.15, 0.2) is 6.10 Å². The monoisotopic (exact) mass is 422 g/mol. The molecule has 0 saturated heterocycles. The Morgan fingerprint density at radius 3 is 2.21 bits per heavy atom. The highest BCUT2D eigenvalue weighted by molar-refractivity contribution is 7.92. The summed E-state index contributed by atoms with van der Waals surface area (Å²) in [5.74, 6) is -1.65. The summed E-state index contributed by atoms with van der Waals surface area (Å²) in [5, 5.41) is 2.64. The van der Waals surface area contributed by atoms with E-state index in [1.807, 2.05) is 0 Å². The lowest BCUT2D eigenvalue weighted by atomic mass is 10.2. The van der Waals surface area contributed by atoms with E-state index in [4.69, 9.17) is 4.74 Å². The molecule has 0 aliphatic rings. The van der Waals surface area contributed by atoms with Gasteiger partial charge in [-0.15, -0.1) is 0 Å². The number of aryl methyl sites for hydroxylation is 1. The van der Waals surface area contributed by atoms with E-state index in [0.717, 1.165) is 12.1 Å². The molecule has 0 heterocycles. The zero-order valence-corrected chi connectivity index (χ0v) is 17.3. The molecule has 0 unspecified atom stereocenters. The second kappa shape index (κ2) is 9.04. The van der Waals surface area contributed by atoms with E-state index in [-0.39, 0.29) is 27.8 Å². The first-order valence-corrected chi connectivity index (χ1v) is 10.4. The largest absolute Gasteiger partial charge is 0.449 e. The molecule has 2 rings (SSSR count). The van der Waals surface area contributed by atoms with E-state index in [0.29, 0.717) is 0 Å². The van der Waals surface area contributed by atoms with Gasteiger partial charge in [0.2, 0.25) is 0 Å². The zero-order valence-electron chi connectivity index (χ0n) is 16.5. The summed E-state index contributed by atoms with van der Waals surface area (Å²) in [5.41, 5.74) is 0.650. The molecular formula is C20H23FN2O5S. The minimum Gasteiger partial charge on any atom is -0.449 e. The maximum Gasteiger partial charge on any atom is 0.338 e. The third-order valence-electron chi connectivity index (χ3n) is 3.88. The van der Waals surface area contributed by atoms with E-state index in [1.54, 1.807) is 13.8 Å². The van der Waals surface area contributed by atoms with Crippen molar-refractivity contribution in [3.63, 3.8) is 0 Å². The number of rotatable bonds is 7. The van der Waals surface area contributed by atoms with Gasteiger partial charge < -0.3 is 10.1 Å². The first-order valence-electron chi connectivity index (χ1n) is 8.90. The molecule has 0 aromatic heterocycles. The summed E-state index contributed by atoms with van der Waals surface area (Å²) in [6.07, 6.45) is -0.968. The third-order valence-corrected chi connectivity index (χ3v) is 5.42. The Kier molecular flexibility index (Phi) is 6.97. The van der Waals surface area contributed by atoms with E-state index >= 15 is 0 Å². The van der Waals surface area contributed by atoms with Crippen LogP contribution < -0.4 is 10.0 Å². The fourth-order valence-corrected chi connectivity index (χ4v) is 3.77. The Labute approximate surface area is 169 Å². The van der Waals surface area contributed by atoms with Crippen LogP contribution in [-0.2, 0) is 19.6 Å². The number of anilines is 1. The van der Waals surface area contributed by atoms with Crippen molar-refractivity contribution in [3.8, 4) is 0 Å². The lowest BCUT2D eigenvalue weighted by Crippen LogP contribution is -2.39. The van der Waals surface area contributed by atoms with E-state index < -0.39 is 33.8 Å². The van der Waals surface area contributed by atoms with Crippen molar-refractivity contribution in [1.29, 1.82) is 0 Å². The molecule has 1 atom stereocenters. The van der Waals surface area contributed by atoms with Crippen LogP contribution >= 0.6 is 0 Å². The van der Waals surface area contributed by atoms with Gasteiger partial charge in [0.05, 0.1) is 10.5 Å². The average molecular weight is 422 g/mol. The van der Waals surface area contributed by atoms with Crippen molar-refractivity contribution in [3.05, 3.63) is 59.4 Å². The summed E-state index contributed by atoms with van der Waals surface area (Å²) < 4.78 is 45.7. The number of carbonyl (C=O) groups is 2. The number of benzene rings is 2. The molecule has 29 heavy (non-hydrogen) atoms. The molecule has 2 aromatic rings. The van der Waals surface area contributed by atoms with Crippen LogP contribution in [0.1, 0.15) is 36.7 Å². The highest BCUT2D eigenvalue weighted by Crippen LogP contribution is 2.20. The molecule has 0 bridgehead atoms. The number of hydrogen-bond donors (Lipinski definition) is 2. The van der Waals surface area contributed by atoms with Crippen molar-refractivity contribution in [2.24, 2.45) is 0 Å². The van der Waals surface area contributed by atoms with Crippen LogP contribution in [0.15, 0.2) is 47.4 Å². The van der Waals surface area contributed by atoms with E-state index in [2.05, 4.69) is 10.0 Å². The zero-order chi connectivity index (χ0) is 21.8. The van der Waals surface area contributed by atoms with Gasteiger partial charge in [0.1, 0.15) is 5.82 Å². The van der Waals surface area contributed by atoms with E-state index in [9.17, 15) is 22.4 Å². The molecule has 0 saturated carbocycles. The lowest BCUT2D eigenvalue weighted by Gasteiger charge is -2.15. The first kappa shape index (κ1) is 22.4. The highest BCUT2D eigenvalue weighted by atomic mass is 32.2. The number of ether oxygens (including phenoxy) is 1. The lowest BCUT2D eigenvalue weighted by molar-refractivity contribution is -0.129. The smallest absolute Gasteiger partial charge is 0.338 e. The van der Waals surface area contributed by atoms with Crippen LogP contribution in [-0.4, -0.2) is 32.4 Å². The number of esters is 1. The molecule has 156 valence electrons. The van der Waals surface area contributed by atoms with Gasteiger partial charge in [-0.2, -0.15) is 0 Å².